The lowest BCUT2D eigenvalue weighted by molar-refractivity contribution is -0.149. The van der Waals surface area contributed by atoms with Gasteiger partial charge in [0, 0.05) is 24.7 Å². The minimum absolute atomic E-state index is 0.0205. The fourth-order valence-electron chi connectivity index (χ4n) is 4.58. The maximum Gasteiger partial charge on any atom is 0.334 e. The van der Waals surface area contributed by atoms with Gasteiger partial charge in [-0.1, -0.05) is 56.3 Å². The Kier molecular flexibility index (Phi) is 10.2. The second-order valence-electron chi connectivity index (χ2n) is 10.1. The molecule has 0 saturated carbocycles. The van der Waals surface area contributed by atoms with Crippen molar-refractivity contribution in [3.63, 3.8) is 0 Å². The molecule has 0 saturated heterocycles. The van der Waals surface area contributed by atoms with Crippen molar-refractivity contribution in [3.05, 3.63) is 66.2 Å². The van der Waals surface area contributed by atoms with E-state index in [1.165, 1.54) is 12.5 Å². The molecule has 11 heteroatoms. The first-order chi connectivity index (χ1) is 18.5. The lowest BCUT2D eigenvalue weighted by Crippen LogP contribution is -2.55. The van der Waals surface area contributed by atoms with Crippen LogP contribution in [0.25, 0.3) is 10.8 Å². The quantitative estimate of drug-likeness (QED) is 0.179. The third-order valence-corrected chi connectivity index (χ3v) is 6.46. The number of imidazole rings is 1. The summed E-state index contributed by atoms with van der Waals surface area (Å²) in [6.07, 6.45) is 1.30. The number of aliphatic hydroxyl groups is 1. The zero-order valence-electron chi connectivity index (χ0n) is 22.0. The van der Waals surface area contributed by atoms with Crippen LogP contribution in [0.15, 0.2) is 55.0 Å². The molecule has 0 aliphatic carbocycles. The van der Waals surface area contributed by atoms with Crippen molar-refractivity contribution >= 4 is 34.5 Å². The molecule has 3 aromatic rings. The molecule has 0 bridgehead atoms. The van der Waals surface area contributed by atoms with Crippen LogP contribution in [0, 0.1) is 11.8 Å². The number of carbonyl (C=O) groups excluding carboxylic acids is 3. The third kappa shape index (κ3) is 8.37. The number of benzene rings is 2. The second kappa shape index (κ2) is 13.5. The molecule has 0 fully saturated rings. The van der Waals surface area contributed by atoms with Crippen molar-refractivity contribution in [2.24, 2.45) is 17.6 Å². The van der Waals surface area contributed by atoms with Crippen LogP contribution in [0.2, 0.25) is 0 Å². The van der Waals surface area contributed by atoms with Gasteiger partial charge in [0.05, 0.1) is 18.3 Å². The molecule has 4 atom stereocenters. The standard InChI is InChI=1S/C28H35N5O6/c1-16(2)10-22(25(35)28(38)39)32-27(37)23(13-20-14-30-15-31-20)33-26(36)19(12-24(29)34)11-18-8-5-7-17-6-3-4-9-21(17)18/h3-9,14-16,19,22-23,25,35H,10-13H2,1-2H3,(H2,29,34)(H,30,31)(H,32,37)(H,33,36)(H,38,39)/t19?,22-,23-,25?/m0/s1. The van der Waals surface area contributed by atoms with Gasteiger partial charge in [0.15, 0.2) is 6.10 Å². The number of hydrogen-bond donors (Lipinski definition) is 6. The van der Waals surface area contributed by atoms with Crippen LogP contribution < -0.4 is 16.4 Å². The van der Waals surface area contributed by atoms with Crippen LogP contribution in [-0.2, 0) is 32.0 Å². The third-order valence-electron chi connectivity index (χ3n) is 6.46. The minimum Gasteiger partial charge on any atom is -0.479 e. The Labute approximate surface area is 226 Å². The molecule has 1 heterocycles. The monoisotopic (exact) mass is 537 g/mol. The molecule has 1 aromatic heterocycles. The largest absolute Gasteiger partial charge is 0.479 e. The molecule has 208 valence electrons. The van der Waals surface area contributed by atoms with Crippen molar-refractivity contribution < 1.29 is 29.4 Å². The molecule has 0 spiro atoms. The minimum atomic E-state index is -1.83. The molecule has 0 aliphatic rings. The summed E-state index contributed by atoms with van der Waals surface area (Å²) in [5.74, 6) is -4.24. The number of carboxylic acid groups (broad SMARTS) is 1. The number of aliphatic hydroxyl groups excluding tert-OH is 1. The second-order valence-corrected chi connectivity index (χ2v) is 10.1. The molecule has 0 radical (unpaired) electrons. The highest BCUT2D eigenvalue weighted by Crippen LogP contribution is 2.23. The first-order valence-electron chi connectivity index (χ1n) is 12.8. The Balaban J connectivity index is 1.85. The molecule has 3 rings (SSSR count). The van der Waals surface area contributed by atoms with E-state index in [1.54, 1.807) is 0 Å². The molecular weight excluding hydrogens is 502 g/mol. The van der Waals surface area contributed by atoms with Gasteiger partial charge in [0.2, 0.25) is 17.7 Å². The normalized spacial score (nSPS) is 14.4. The Morgan fingerprint density at radius 3 is 2.36 bits per heavy atom. The number of H-pyrrole nitrogens is 1. The summed E-state index contributed by atoms with van der Waals surface area (Å²) < 4.78 is 0. The molecule has 2 aromatic carbocycles. The van der Waals surface area contributed by atoms with Gasteiger partial charge in [-0.2, -0.15) is 0 Å². The van der Waals surface area contributed by atoms with Gasteiger partial charge in [-0.15, -0.1) is 0 Å². The van der Waals surface area contributed by atoms with E-state index in [2.05, 4.69) is 20.6 Å². The smallest absolute Gasteiger partial charge is 0.334 e. The average molecular weight is 538 g/mol. The van der Waals surface area contributed by atoms with E-state index in [0.717, 1.165) is 16.3 Å². The predicted molar refractivity (Wildman–Crippen MR) is 144 cm³/mol. The number of nitrogens with two attached hydrogens (primary N) is 1. The summed E-state index contributed by atoms with van der Waals surface area (Å²) in [4.78, 5) is 57.0. The fourth-order valence-corrected chi connectivity index (χ4v) is 4.58. The van der Waals surface area contributed by atoms with Crippen molar-refractivity contribution in [2.45, 2.75) is 57.7 Å². The Morgan fingerprint density at radius 1 is 1.00 bits per heavy atom. The summed E-state index contributed by atoms with van der Waals surface area (Å²) in [7, 11) is 0. The van der Waals surface area contributed by atoms with Gasteiger partial charge in [-0.05, 0) is 35.1 Å². The van der Waals surface area contributed by atoms with E-state index in [0.29, 0.717) is 5.69 Å². The SMILES string of the molecule is CC(C)C[C@H](NC(=O)[C@H](Cc1cnc[nH]1)NC(=O)C(CC(N)=O)Cc1cccc2ccccc12)C(O)C(=O)O. The van der Waals surface area contributed by atoms with E-state index in [4.69, 9.17) is 5.73 Å². The molecule has 7 N–H and O–H groups in total. The summed E-state index contributed by atoms with van der Waals surface area (Å²) in [6.45, 7) is 3.67. The van der Waals surface area contributed by atoms with Crippen LogP contribution in [0.5, 0.6) is 0 Å². The Hall–Kier alpha value is -4.25. The number of aliphatic carboxylic acids is 1. The number of aromatic amines is 1. The topological polar surface area (TPSA) is 187 Å². The van der Waals surface area contributed by atoms with Crippen molar-refractivity contribution in [2.75, 3.05) is 0 Å². The number of hydrogen-bond acceptors (Lipinski definition) is 6. The number of fused-ring (bicyclic) bond motifs is 1. The summed E-state index contributed by atoms with van der Waals surface area (Å²) in [5, 5.41) is 26.7. The first kappa shape index (κ1) is 29.3. The maximum absolute atomic E-state index is 13.5. The van der Waals surface area contributed by atoms with E-state index in [-0.39, 0.29) is 31.6 Å². The van der Waals surface area contributed by atoms with Crippen LogP contribution in [0.4, 0.5) is 0 Å². The molecule has 2 unspecified atom stereocenters. The molecule has 11 nitrogen and oxygen atoms in total. The van der Waals surface area contributed by atoms with Crippen molar-refractivity contribution in [3.8, 4) is 0 Å². The number of nitrogens with one attached hydrogen (secondary N) is 3. The Bertz CT molecular complexity index is 1290. The average Bonchev–Trinajstić information content (AvgIpc) is 3.39. The van der Waals surface area contributed by atoms with Gasteiger partial charge in [0.1, 0.15) is 6.04 Å². The molecular formula is C28H35N5O6. The first-order valence-corrected chi connectivity index (χ1v) is 12.8. The van der Waals surface area contributed by atoms with Gasteiger partial charge in [0.25, 0.3) is 0 Å². The van der Waals surface area contributed by atoms with Crippen LogP contribution >= 0.6 is 0 Å². The van der Waals surface area contributed by atoms with Crippen LogP contribution in [0.3, 0.4) is 0 Å². The zero-order chi connectivity index (χ0) is 28.5. The number of carboxylic acids is 1. The number of carbonyl (C=O) groups is 4. The van der Waals surface area contributed by atoms with Gasteiger partial charge in [-0.25, -0.2) is 9.78 Å². The summed E-state index contributed by atoms with van der Waals surface area (Å²) in [6, 6.07) is 11.2. The van der Waals surface area contributed by atoms with Gasteiger partial charge >= 0.3 is 5.97 Å². The fraction of sp³-hybridized carbons (Fsp3) is 0.393. The van der Waals surface area contributed by atoms with Crippen LogP contribution in [-0.4, -0.2) is 62.1 Å². The van der Waals surface area contributed by atoms with E-state index in [1.807, 2.05) is 56.3 Å². The summed E-state index contributed by atoms with van der Waals surface area (Å²) >= 11 is 0. The van der Waals surface area contributed by atoms with E-state index in [9.17, 15) is 29.4 Å². The molecule has 39 heavy (non-hydrogen) atoms. The highest BCUT2D eigenvalue weighted by molar-refractivity contribution is 5.92. The predicted octanol–water partition coefficient (Wildman–Crippen LogP) is 1.30. The number of rotatable bonds is 14. The van der Waals surface area contributed by atoms with Gasteiger partial charge in [-0.3, -0.25) is 14.4 Å². The van der Waals surface area contributed by atoms with Crippen LogP contribution in [0.1, 0.15) is 37.9 Å². The molecule has 3 amide bonds. The van der Waals surface area contributed by atoms with E-state index >= 15 is 0 Å². The number of amides is 3. The molecule has 0 aliphatic heterocycles. The lowest BCUT2D eigenvalue weighted by Gasteiger charge is -2.27. The van der Waals surface area contributed by atoms with Gasteiger partial charge < -0.3 is 31.6 Å². The van der Waals surface area contributed by atoms with Crippen molar-refractivity contribution in [1.29, 1.82) is 0 Å². The number of nitrogens with zero attached hydrogens (tertiary/aromatic N) is 1. The maximum atomic E-state index is 13.5. The van der Waals surface area contributed by atoms with Crippen molar-refractivity contribution in [1.82, 2.24) is 20.6 Å². The zero-order valence-corrected chi connectivity index (χ0v) is 22.0. The van der Waals surface area contributed by atoms with E-state index < -0.39 is 47.8 Å². The lowest BCUT2D eigenvalue weighted by atomic mass is 9.91. The summed E-state index contributed by atoms with van der Waals surface area (Å²) in [5.41, 5.74) is 6.88. The highest BCUT2D eigenvalue weighted by Gasteiger charge is 2.33. The highest BCUT2D eigenvalue weighted by atomic mass is 16.4. The number of aromatic nitrogens is 2. The number of primary amides is 1. The Morgan fingerprint density at radius 2 is 1.72 bits per heavy atom.